The molecule has 1 aromatic carbocycles. The Morgan fingerprint density at radius 1 is 1.58 bits per heavy atom. The number of anilines is 1. The van der Waals surface area contributed by atoms with Crippen LogP contribution in [0, 0.1) is 11.3 Å². The Morgan fingerprint density at radius 3 is 3.05 bits per heavy atom. The largest absolute Gasteiger partial charge is 0.497 e. The lowest BCUT2D eigenvalue weighted by Gasteiger charge is -2.36. The quantitative estimate of drug-likeness (QED) is 0.888. The summed E-state index contributed by atoms with van der Waals surface area (Å²) in [6, 6.07) is 9.18. The summed E-state index contributed by atoms with van der Waals surface area (Å²) in [5.41, 5.74) is 0.806. The van der Waals surface area contributed by atoms with Crippen molar-refractivity contribution in [3.8, 4) is 11.8 Å². The second kappa shape index (κ2) is 5.72. The van der Waals surface area contributed by atoms with Crippen LogP contribution in [0.4, 0.5) is 5.69 Å². The van der Waals surface area contributed by atoms with E-state index >= 15 is 0 Å². The Bertz CT molecular complexity index is 510. The number of ether oxygens (including phenoxy) is 1. The fourth-order valence-electron chi connectivity index (χ4n) is 2.27. The number of carbonyl (C=O) groups excluding carboxylic acids is 1. The molecule has 0 spiro atoms. The van der Waals surface area contributed by atoms with Crippen LogP contribution in [0.2, 0.25) is 0 Å². The van der Waals surface area contributed by atoms with Crippen molar-refractivity contribution in [3.05, 3.63) is 24.3 Å². The van der Waals surface area contributed by atoms with Gasteiger partial charge < -0.3 is 15.0 Å². The third kappa shape index (κ3) is 2.85. The maximum atomic E-state index is 12.3. The van der Waals surface area contributed by atoms with Gasteiger partial charge in [0.15, 0.2) is 0 Å². The molecule has 19 heavy (non-hydrogen) atoms. The molecule has 1 fully saturated rings. The summed E-state index contributed by atoms with van der Waals surface area (Å²) in [6.45, 7) is 2.60. The molecule has 0 bridgehead atoms. The third-order valence-corrected chi connectivity index (χ3v) is 3.17. The lowest BCUT2D eigenvalue weighted by molar-refractivity contribution is -0.122. The van der Waals surface area contributed by atoms with Crippen LogP contribution < -0.4 is 15.0 Å². The maximum absolute atomic E-state index is 12.3. The number of amides is 1. The molecule has 0 radical (unpaired) electrons. The number of hydrogen-bond donors (Lipinski definition) is 1. The van der Waals surface area contributed by atoms with Crippen LogP contribution in [-0.2, 0) is 4.79 Å². The van der Waals surface area contributed by atoms with Crippen molar-refractivity contribution in [2.45, 2.75) is 25.4 Å². The van der Waals surface area contributed by atoms with Crippen LogP contribution in [0.25, 0.3) is 0 Å². The number of carbonyl (C=O) groups is 1. The second-order valence-electron chi connectivity index (χ2n) is 4.63. The highest BCUT2D eigenvalue weighted by molar-refractivity contribution is 5.98. The molecule has 1 amide bonds. The van der Waals surface area contributed by atoms with Gasteiger partial charge in [0.1, 0.15) is 11.8 Å². The molecule has 100 valence electrons. The zero-order chi connectivity index (χ0) is 13.8. The van der Waals surface area contributed by atoms with Crippen LogP contribution in [0.15, 0.2) is 24.3 Å². The lowest BCUT2D eigenvalue weighted by atomic mass is 10.1. The Balaban J connectivity index is 2.26. The van der Waals surface area contributed by atoms with E-state index in [0.717, 1.165) is 5.69 Å². The Morgan fingerprint density at radius 2 is 2.37 bits per heavy atom. The number of hydrogen-bond acceptors (Lipinski definition) is 4. The summed E-state index contributed by atoms with van der Waals surface area (Å²) in [5, 5.41) is 11.9. The van der Waals surface area contributed by atoms with Crippen molar-refractivity contribution in [1.29, 1.82) is 5.26 Å². The molecule has 5 heteroatoms. The summed E-state index contributed by atoms with van der Waals surface area (Å²) in [7, 11) is 1.60. The summed E-state index contributed by atoms with van der Waals surface area (Å²) in [6.07, 6.45) is 0.184. The van der Waals surface area contributed by atoms with E-state index in [-0.39, 0.29) is 18.4 Å². The first-order chi connectivity index (χ1) is 9.15. The molecule has 1 aromatic rings. The van der Waals surface area contributed by atoms with Gasteiger partial charge in [0, 0.05) is 24.3 Å². The molecule has 1 aliphatic heterocycles. The molecular formula is C14H17N3O2. The SMILES string of the molecule is COc1cccc(N2CC(C)NC(CC#N)C2=O)c1. The zero-order valence-electron chi connectivity index (χ0n) is 11.1. The molecule has 0 saturated carbocycles. The fraction of sp³-hybridized carbons (Fsp3) is 0.429. The molecule has 0 aromatic heterocycles. The van der Waals surface area contributed by atoms with Gasteiger partial charge in [0.05, 0.1) is 19.6 Å². The number of piperazine rings is 1. The van der Waals surface area contributed by atoms with Crippen LogP contribution in [-0.4, -0.2) is 31.6 Å². The Hall–Kier alpha value is -2.06. The highest BCUT2D eigenvalue weighted by Crippen LogP contribution is 2.24. The Kier molecular flexibility index (Phi) is 4.03. The topological polar surface area (TPSA) is 65.4 Å². The van der Waals surface area contributed by atoms with E-state index < -0.39 is 6.04 Å². The van der Waals surface area contributed by atoms with Crippen molar-refractivity contribution in [3.63, 3.8) is 0 Å². The summed E-state index contributed by atoms with van der Waals surface area (Å²) in [5.74, 6) is 0.654. The number of rotatable bonds is 3. The van der Waals surface area contributed by atoms with Crippen molar-refractivity contribution in [2.24, 2.45) is 0 Å². The minimum atomic E-state index is -0.431. The molecule has 0 aliphatic carbocycles. The number of nitrogens with one attached hydrogen (secondary N) is 1. The smallest absolute Gasteiger partial charge is 0.245 e. The molecule has 1 heterocycles. The first-order valence-corrected chi connectivity index (χ1v) is 6.24. The van der Waals surface area contributed by atoms with Crippen LogP contribution in [0.3, 0.4) is 0 Å². The number of methoxy groups -OCH3 is 1. The van der Waals surface area contributed by atoms with Crippen LogP contribution >= 0.6 is 0 Å². The molecular weight excluding hydrogens is 242 g/mol. The number of benzene rings is 1. The fourth-order valence-corrected chi connectivity index (χ4v) is 2.27. The molecule has 1 aliphatic rings. The van der Waals surface area contributed by atoms with Crippen LogP contribution in [0.5, 0.6) is 5.75 Å². The predicted octanol–water partition coefficient (Wildman–Crippen LogP) is 1.30. The van der Waals surface area contributed by atoms with Crippen molar-refractivity contribution < 1.29 is 9.53 Å². The summed E-state index contributed by atoms with van der Waals surface area (Å²) < 4.78 is 5.18. The Labute approximate surface area is 112 Å². The normalized spacial score (nSPS) is 23.0. The molecule has 1 saturated heterocycles. The summed E-state index contributed by atoms with van der Waals surface area (Å²) >= 11 is 0. The van der Waals surface area contributed by atoms with Crippen molar-refractivity contribution >= 4 is 11.6 Å². The van der Waals surface area contributed by atoms with Gasteiger partial charge >= 0.3 is 0 Å². The highest BCUT2D eigenvalue weighted by Gasteiger charge is 2.32. The molecule has 5 nitrogen and oxygen atoms in total. The van der Waals surface area contributed by atoms with Crippen molar-refractivity contribution in [2.75, 3.05) is 18.6 Å². The average molecular weight is 259 g/mol. The predicted molar refractivity (Wildman–Crippen MR) is 72.0 cm³/mol. The van der Waals surface area contributed by atoms with E-state index in [1.807, 2.05) is 37.3 Å². The van der Waals surface area contributed by atoms with Crippen LogP contribution in [0.1, 0.15) is 13.3 Å². The highest BCUT2D eigenvalue weighted by atomic mass is 16.5. The minimum Gasteiger partial charge on any atom is -0.497 e. The summed E-state index contributed by atoms with van der Waals surface area (Å²) in [4.78, 5) is 14.0. The first kappa shape index (κ1) is 13.4. The van der Waals surface area contributed by atoms with E-state index in [1.165, 1.54) is 0 Å². The number of nitrogens with zero attached hydrogens (tertiary/aromatic N) is 2. The van der Waals surface area contributed by atoms with Crippen molar-refractivity contribution in [1.82, 2.24) is 5.32 Å². The van der Waals surface area contributed by atoms with Gasteiger partial charge in [-0.2, -0.15) is 5.26 Å². The molecule has 2 unspecified atom stereocenters. The lowest BCUT2D eigenvalue weighted by Crippen LogP contribution is -2.59. The second-order valence-corrected chi connectivity index (χ2v) is 4.63. The van der Waals surface area contributed by atoms with Gasteiger partial charge in [-0.3, -0.25) is 4.79 Å². The zero-order valence-corrected chi connectivity index (χ0v) is 11.1. The van der Waals surface area contributed by atoms with E-state index in [9.17, 15) is 4.79 Å². The van der Waals surface area contributed by atoms with E-state index in [4.69, 9.17) is 10.00 Å². The first-order valence-electron chi connectivity index (χ1n) is 6.24. The standard InChI is InChI=1S/C14H17N3O2/c1-10-9-17(14(18)13(16-10)6-7-15)11-4-3-5-12(8-11)19-2/h3-5,8,10,13,16H,6,9H2,1-2H3. The monoisotopic (exact) mass is 259 g/mol. The number of nitriles is 1. The van der Waals surface area contributed by atoms with E-state index in [2.05, 4.69) is 5.32 Å². The van der Waals surface area contributed by atoms with E-state index in [0.29, 0.717) is 12.3 Å². The molecule has 2 rings (SSSR count). The maximum Gasteiger partial charge on any atom is 0.245 e. The third-order valence-electron chi connectivity index (χ3n) is 3.17. The van der Waals surface area contributed by atoms with Gasteiger partial charge in [0.25, 0.3) is 0 Å². The van der Waals surface area contributed by atoms with E-state index in [1.54, 1.807) is 12.0 Å². The van der Waals surface area contributed by atoms with Gasteiger partial charge in [0.2, 0.25) is 5.91 Å². The van der Waals surface area contributed by atoms with Gasteiger partial charge in [-0.15, -0.1) is 0 Å². The van der Waals surface area contributed by atoms with Gasteiger partial charge in [-0.25, -0.2) is 0 Å². The minimum absolute atomic E-state index is 0.0621. The van der Waals surface area contributed by atoms with Gasteiger partial charge in [-0.05, 0) is 19.1 Å². The molecule has 2 atom stereocenters. The average Bonchev–Trinajstić information content (AvgIpc) is 2.43. The molecule has 1 N–H and O–H groups in total. The van der Waals surface area contributed by atoms with Gasteiger partial charge in [-0.1, -0.05) is 6.07 Å².